The van der Waals surface area contributed by atoms with Crippen LogP contribution in [0.2, 0.25) is 5.02 Å². The molecule has 140 valence electrons. The van der Waals surface area contributed by atoms with Crippen molar-refractivity contribution in [3.05, 3.63) is 75.7 Å². The minimum Gasteiger partial charge on any atom is -0.340 e. The van der Waals surface area contributed by atoms with Gasteiger partial charge in [0.05, 0.1) is 22.3 Å². The molecule has 2 N–H and O–H groups in total. The maximum absolute atomic E-state index is 12.7. The predicted octanol–water partition coefficient (Wildman–Crippen LogP) is 4.92. The second-order valence-corrected chi connectivity index (χ2v) is 6.80. The second kappa shape index (κ2) is 8.07. The Labute approximate surface area is 168 Å². The Morgan fingerprint density at radius 3 is 2.61 bits per heavy atom. The summed E-state index contributed by atoms with van der Waals surface area (Å²) in [5.41, 5.74) is 3.88. The summed E-state index contributed by atoms with van der Waals surface area (Å²) in [6.07, 6.45) is 0. The van der Waals surface area contributed by atoms with Crippen LogP contribution in [-0.2, 0) is 0 Å². The van der Waals surface area contributed by atoms with E-state index in [9.17, 15) is 4.79 Å². The van der Waals surface area contributed by atoms with Crippen molar-refractivity contribution in [2.45, 2.75) is 20.8 Å². The first-order valence-electron chi connectivity index (χ1n) is 8.56. The van der Waals surface area contributed by atoms with E-state index in [2.05, 4.69) is 26.7 Å². The summed E-state index contributed by atoms with van der Waals surface area (Å²) in [6, 6.07) is 14.4. The Morgan fingerprint density at radius 1 is 1.11 bits per heavy atom. The molecule has 28 heavy (non-hydrogen) atoms. The van der Waals surface area contributed by atoms with Crippen LogP contribution in [0.25, 0.3) is 0 Å². The van der Waals surface area contributed by atoms with E-state index < -0.39 is 0 Å². The van der Waals surface area contributed by atoms with Gasteiger partial charge >= 0.3 is 0 Å². The van der Waals surface area contributed by atoms with Gasteiger partial charge in [0.15, 0.2) is 0 Å². The van der Waals surface area contributed by atoms with Crippen molar-refractivity contribution in [1.29, 1.82) is 5.26 Å². The molecular weight excluding hydrogens is 374 g/mol. The van der Waals surface area contributed by atoms with E-state index in [0.29, 0.717) is 33.6 Å². The zero-order chi connectivity index (χ0) is 20.3. The Bertz CT molecular complexity index is 1080. The molecule has 0 fully saturated rings. The van der Waals surface area contributed by atoms with Crippen LogP contribution in [0.1, 0.15) is 33.0 Å². The number of nitriles is 1. The number of carbonyl (C=O) groups is 1. The molecule has 2 aromatic carbocycles. The summed E-state index contributed by atoms with van der Waals surface area (Å²) in [6.45, 7) is 5.53. The Kier molecular flexibility index (Phi) is 5.57. The molecule has 0 spiro atoms. The summed E-state index contributed by atoms with van der Waals surface area (Å²) in [5.74, 6) is 0.519. The fourth-order valence-corrected chi connectivity index (χ4v) is 3.18. The molecule has 0 atom stereocenters. The number of aryl methyl sites for hydroxylation is 3. The number of carbonyl (C=O) groups excluding carboxylic acids is 1. The van der Waals surface area contributed by atoms with Gasteiger partial charge in [-0.25, -0.2) is 9.97 Å². The van der Waals surface area contributed by atoms with Gasteiger partial charge in [0.2, 0.25) is 0 Å². The highest BCUT2D eigenvalue weighted by atomic mass is 35.5. The Morgan fingerprint density at radius 2 is 1.89 bits per heavy atom. The maximum atomic E-state index is 12.7. The largest absolute Gasteiger partial charge is 0.340 e. The smallest absolute Gasteiger partial charge is 0.274 e. The van der Waals surface area contributed by atoms with E-state index in [1.54, 1.807) is 37.3 Å². The highest BCUT2D eigenvalue weighted by molar-refractivity contribution is 6.34. The SMILES string of the molecule is Cc1cc(C)c(NC(=O)c2cc(Nc3cccc(C#N)c3)nc(C)n2)c(Cl)c1. The molecule has 0 saturated carbocycles. The highest BCUT2D eigenvalue weighted by Gasteiger charge is 2.14. The Balaban J connectivity index is 1.87. The fourth-order valence-electron chi connectivity index (χ4n) is 2.81. The van der Waals surface area contributed by atoms with Crippen LogP contribution in [0.3, 0.4) is 0 Å². The molecule has 0 aliphatic heterocycles. The lowest BCUT2D eigenvalue weighted by Gasteiger charge is -2.12. The third kappa shape index (κ3) is 4.45. The zero-order valence-corrected chi connectivity index (χ0v) is 16.4. The van der Waals surface area contributed by atoms with Crippen LogP contribution in [0.15, 0.2) is 42.5 Å². The van der Waals surface area contributed by atoms with Gasteiger partial charge in [0.1, 0.15) is 17.3 Å². The molecule has 0 aliphatic carbocycles. The number of benzene rings is 2. The molecule has 0 bridgehead atoms. The van der Waals surface area contributed by atoms with Crippen LogP contribution in [0.4, 0.5) is 17.2 Å². The van der Waals surface area contributed by atoms with Crippen molar-refractivity contribution < 1.29 is 4.79 Å². The molecular formula is C21H18ClN5O. The first-order valence-corrected chi connectivity index (χ1v) is 8.94. The first-order chi connectivity index (χ1) is 13.4. The lowest BCUT2D eigenvalue weighted by Crippen LogP contribution is -2.16. The van der Waals surface area contributed by atoms with Crippen LogP contribution in [-0.4, -0.2) is 15.9 Å². The Hall–Kier alpha value is -3.43. The van der Waals surface area contributed by atoms with Gasteiger partial charge in [-0.3, -0.25) is 4.79 Å². The van der Waals surface area contributed by atoms with Gasteiger partial charge in [-0.1, -0.05) is 23.7 Å². The number of anilines is 3. The summed E-state index contributed by atoms with van der Waals surface area (Å²) < 4.78 is 0. The van der Waals surface area contributed by atoms with E-state index in [0.717, 1.165) is 11.1 Å². The number of nitrogens with one attached hydrogen (secondary N) is 2. The third-order valence-electron chi connectivity index (χ3n) is 4.00. The number of hydrogen-bond donors (Lipinski definition) is 2. The molecule has 1 aromatic heterocycles. The lowest BCUT2D eigenvalue weighted by atomic mass is 10.1. The number of hydrogen-bond acceptors (Lipinski definition) is 5. The van der Waals surface area contributed by atoms with E-state index >= 15 is 0 Å². The van der Waals surface area contributed by atoms with Crippen LogP contribution >= 0.6 is 11.6 Å². The topological polar surface area (TPSA) is 90.7 Å². The summed E-state index contributed by atoms with van der Waals surface area (Å²) in [7, 11) is 0. The molecule has 1 amide bonds. The minimum absolute atomic E-state index is 0.211. The molecule has 0 aliphatic rings. The van der Waals surface area contributed by atoms with Crippen molar-refractivity contribution in [3.63, 3.8) is 0 Å². The number of nitrogens with zero attached hydrogens (tertiary/aromatic N) is 3. The van der Waals surface area contributed by atoms with Crippen molar-refractivity contribution in [2.75, 3.05) is 10.6 Å². The molecule has 3 rings (SSSR count). The van der Waals surface area contributed by atoms with Gasteiger partial charge in [0, 0.05) is 11.8 Å². The van der Waals surface area contributed by atoms with Crippen molar-refractivity contribution >= 4 is 34.7 Å². The van der Waals surface area contributed by atoms with Crippen LogP contribution < -0.4 is 10.6 Å². The number of aromatic nitrogens is 2. The molecule has 1 heterocycles. The third-order valence-corrected chi connectivity index (χ3v) is 4.30. The van der Waals surface area contributed by atoms with Crippen molar-refractivity contribution in [3.8, 4) is 6.07 Å². The van der Waals surface area contributed by atoms with E-state index in [4.69, 9.17) is 16.9 Å². The zero-order valence-electron chi connectivity index (χ0n) is 15.7. The quantitative estimate of drug-likeness (QED) is 0.658. The average molecular weight is 392 g/mol. The number of amides is 1. The van der Waals surface area contributed by atoms with Crippen LogP contribution in [0, 0.1) is 32.1 Å². The number of rotatable bonds is 4. The standard InChI is InChI=1S/C21H18ClN5O/c1-12-7-13(2)20(17(22)8-12)27-21(28)18-10-19(25-14(3)24-18)26-16-6-4-5-15(9-16)11-23/h4-10H,1-3H3,(H,27,28)(H,24,25,26). The van der Waals surface area contributed by atoms with E-state index in [-0.39, 0.29) is 11.6 Å². The van der Waals surface area contributed by atoms with Gasteiger partial charge < -0.3 is 10.6 Å². The normalized spacial score (nSPS) is 10.2. The fraction of sp³-hybridized carbons (Fsp3) is 0.143. The summed E-state index contributed by atoms with van der Waals surface area (Å²) in [5, 5.41) is 15.4. The van der Waals surface area contributed by atoms with Gasteiger partial charge in [0.25, 0.3) is 5.91 Å². The van der Waals surface area contributed by atoms with Gasteiger partial charge in [-0.15, -0.1) is 0 Å². The first kappa shape index (κ1) is 19.3. The second-order valence-electron chi connectivity index (χ2n) is 6.40. The molecule has 3 aromatic rings. The highest BCUT2D eigenvalue weighted by Crippen LogP contribution is 2.28. The molecule has 6 nitrogen and oxygen atoms in total. The molecule has 0 saturated heterocycles. The van der Waals surface area contributed by atoms with E-state index in [1.165, 1.54) is 0 Å². The molecule has 0 unspecified atom stereocenters. The average Bonchev–Trinajstić information content (AvgIpc) is 2.64. The van der Waals surface area contributed by atoms with Crippen molar-refractivity contribution in [2.24, 2.45) is 0 Å². The summed E-state index contributed by atoms with van der Waals surface area (Å²) in [4.78, 5) is 21.3. The lowest BCUT2D eigenvalue weighted by molar-refractivity contribution is 0.102. The number of halogens is 1. The van der Waals surface area contributed by atoms with Gasteiger partial charge in [-0.2, -0.15) is 5.26 Å². The predicted molar refractivity (Wildman–Crippen MR) is 110 cm³/mol. The molecule has 0 radical (unpaired) electrons. The minimum atomic E-state index is -0.381. The van der Waals surface area contributed by atoms with E-state index in [1.807, 2.05) is 26.0 Å². The maximum Gasteiger partial charge on any atom is 0.274 e. The monoisotopic (exact) mass is 391 g/mol. The van der Waals surface area contributed by atoms with Crippen molar-refractivity contribution in [1.82, 2.24) is 9.97 Å². The van der Waals surface area contributed by atoms with Crippen LogP contribution in [0.5, 0.6) is 0 Å². The molecule has 7 heteroatoms. The van der Waals surface area contributed by atoms with Gasteiger partial charge in [-0.05, 0) is 56.2 Å². The summed E-state index contributed by atoms with van der Waals surface area (Å²) >= 11 is 6.28.